The van der Waals surface area contributed by atoms with Crippen molar-refractivity contribution in [3.63, 3.8) is 0 Å². The van der Waals surface area contributed by atoms with Crippen LogP contribution < -0.4 is 5.32 Å². The van der Waals surface area contributed by atoms with Crippen LogP contribution in [0.3, 0.4) is 0 Å². The molecule has 2 heterocycles. The van der Waals surface area contributed by atoms with Crippen LogP contribution in [0.2, 0.25) is 0 Å². The van der Waals surface area contributed by atoms with Gasteiger partial charge in [-0.2, -0.15) is 0 Å². The highest BCUT2D eigenvalue weighted by atomic mass is 16.5. The molecule has 2 aliphatic rings. The number of β-amino-alcohol motifs (C(OH)–C–C–N with tert-alkyl or cyclic N) is 1. The molecule has 3 rings (SSSR count). The van der Waals surface area contributed by atoms with Gasteiger partial charge in [-0.1, -0.05) is 5.16 Å². The Balaban J connectivity index is 1.57. The summed E-state index contributed by atoms with van der Waals surface area (Å²) in [6.07, 6.45) is 2.41. The lowest BCUT2D eigenvalue weighted by molar-refractivity contribution is -0.132. The van der Waals surface area contributed by atoms with Crippen LogP contribution in [-0.2, 0) is 11.3 Å². The molecule has 1 saturated carbocycles. The number of aliphatic hydroxyl groups is 1. The number of hydrogen-bond acceptors (Lipinski definition) is 5. The lowest BCUT2D eigenvalue weighted by Gasteiger charge is -2.19. The summed E-state index contributed by atoms with van der Waals surface area (Å²) in [5.41, 5.74) is 0.788. The first-order chi connectivity index (χ1) is 9.13. The third-order valence-corrected chi connectivity index (χ3v) is 3.74. The number of rotatable bonds is 4. The second-order valence-corrected chi connectivity index (χ2v) is 5.54. The van der Waals surface area contributed by atoms with Crippen LogP contribution in [0.5, 0.6) is 0 Å². The van der Waals surface area contributed by atoms with Crippen molar-refractivity contribution >= 4 is 5.91 Å². The lowest BCUT2D eigenvalue weighted by Crippen LogP contribution is -2.41. The number of hydrogen-bond donors (Lipinski definition) is 2. The highest BCUT2D eigenvalue weighted by molar-refractivity contribution is 5.82. The van der Waals surface area contributed by atoms with Crippen LogP contribution in [-0.4, -0.2) is 46.8 Å². The molecule has 19 heavy (non-hydrogen) atoms. The van der Waals surface area contributed by atoms with Gasteiger partial charge in [0.25, 0.3) is 0 Å². The van der Waals surface area contributed by atoms with Gasteiger partial charge < -0.3 is 19.8 Å². The molecule has 0 aromatic carbocycles. The largest absolute Gasteiger partial charge is 0.392 e. The predicted molar refractivity (Wildman–Crippen MR) is 67.4 cm³/mol. The van der Waals surface area contributed by atoms with Crippen LogP contribution in [0.25, 0.3) is 0 Å². The Labute approximate surface area is 111 Å². The van der Waals surface area contributed by atoms with Crippen LogP contribution in [0.15, 0.2) is 10.6 Å². The van der Waals surface area contributed by atoms with Crippen molar-refractivity contribution in [3.05, 3.63) is 17.5 Å². The maximum Gasteiger partial charge on any atom is 0.239 e. The van der Waals surface area contributed by atoms with Crippen LogP contribution >= 0.6 is 0 Å². The summed E-state index contributed by atoms with van der Waals surface area (Å²) in [6, 6.07) is 1.66. The van der Waals surface area contributed by atoms with E-state index in [1.807, 2.05) is 6.07 Å². The number of nitrogens with one attached hydrogen (secondary N) is 1. The van der Waals surface area contributed by atoms with E-state index in [0.717, 1.165) is 11.5 Å². The molecule has 1 aliphatic heterocycles. The standard InChI is InChI=1S/C13H19N3O3/c1-16(13(18)11-5-10(17)6-14-11)7-9-4-12(19-15-9)8-2-3-8/h4,8,10-11,14,17H,2-3,5-7H2,1H3/t10-,11+/m1/s1. The maximum absolute atomic E-state index is 12.1. The SMILES string of the molecule is CN(Cc1cc(C2CC2)on1)C(=O)[C@@H]1C[C@@H](O)CN1. The van der Waals surface area contributed by atoms with E-state index in [0.29, 0.717) is 25.4 Å². The predicted octanol–water partition coefficient (Wildman–Crippen LogP) is 0.233. The molecule has 1 aromatic rings. The summed E-state index contributed by atoms with van der Waals surface area (Å²) in [6.45, 7) is 0.934. The highest BCUT2D eigenvalue weighted by Crippen LogP contribution is 2.40. The van der Waals surface area contributed by atoms with E-state index >= 15 is 0 Å². The zero-order chi connectivity index (χ0) is 13.4. The average Bonchev–Trinajstić information content (AvgIpc) is 2.99. The average molecular weight is 265 g/mol. The van der Waals surface area contributed by atoms with Gasteiger partial charge in [-0.15, -0.1) is 0 Å². The topological polar surface area (TPSA) is 78.6 Å². The quantitative estimate of drug-likeness (QED) is 0.815. The first-order valence-corrected chi connectivity index (χ1v) is 6.75. The van der Waals surface area contributed by atoms with Crippen LogP contribution in [0.4, 0.5) is 0 Å². The molecule has 1 aliphatic carbocycles. The zero-order valence-corrected chi connectivity index (χ0v) is 11.0. The highest BCUT2D eigenvalue weighted by Gasteiger charge is 2.31. The number of amides is 1. The van der Waals surface area contributed by atoms with Gasteiger partial charge in [0.15, 0.2) is 0 Å². The summed E-state index contributed by atoms with van der Waals surface area (Å²) in [7, 11) is 1.75. The molecule has 0 spiro atoms. The van der Waals surface area contributed by atoms with Gasteiger partial charge in [0.05, 0.1) is 18.7 Å². The smallest absolute Gasteiger partial charge is 0.239 e. The number of aliphatic hydroxyl groups excluding tert-OH is 1. The van der Waals surface area contributed by atoms with E-state index < -0.39 is 6.10 Å². The van der Waals surface area contributed by atoms with Gasteiger partial charge in [-0.3, -0.25) is 4.79 Å². The van der Waals surface area contributed by atoms with Gasteiger partial charge in [0, 0.05) is 25.6 Å². The minimum Gasteiger partial charge on any atom is -0.392 e. The molecule has 1 saturated heterocycles. The van der Waals surface area contributed by atoms with Crippen molar-refractivity contribution in [1.29, 1.82) is 0 Å². The third-order valence-electron chi connectivity index (χ3n) is 3.74. The van der Waals surface area contributed by atoms with E-state index in [9.17, 15) is 9.90 Å². The molecule has 0 unspecified atom stereocenters. The summed E-state index contributed by atoms with van der Waals surface area (Å²) in [5.74, 6) is 1.46. The molecule has 0 radical (unpaired) electrons. The van der Waals surface area contributed by atoms with Crippen molar-refractivity contribution in [2.75, 3.05) is 13.6 Å². The minimum absolute atomic E-state index is 0.00692. The molecule has 6 nitrogen and oxygen atoms in total. The summed E-state index contributed by atoms with van der Waals surface area (Å²) >= 11 is 0. The minimum atomic E-state index is -0.420. The molecule has 1 aromatic heterocycles. The first kappa shape index (κ1) is 12.6. The van der Waals surface area contributed by atoms with Gasteiger partial charge in [0.1, 0.15) is 11.5 Å². The Morgan fingerprint density at radius 3 is 3.05 bits per heavy atom. The fourth-order valence-electron chi connectivity index (χ4n) is 2.46. The maximum atomic E-state index is 12.1. The number of carbonyl (C=O) groups is 1. The van der Waals surface area contributed by atoms with E-state index in [4.69, 9.17) is 4.52 Å². The zero-order valence-electron chi connectivity index (χ0n) is 11.0. The number of nitrogens with zero attached hydrogens (tertiary/aromatic N) is 2. The molecule has 2 atom stereocenters. The molecule has 6 heteroatoms. The second kappa shape index (κ2) is 4.94. The molecular formula is C13H19N3O3. The van der Waals surface area contributed by atoms with Crippen LogP contribution in [0.1, 0.15) is 36.6 Å². The molecule has 0 bridgehead atoms. The molecule has 2 fully saturated rings. The van der Waals surface area contributed by atoms with Gasteiger partial charge in [0.2, 0.25) is 5.91 Å². The van der Waals surface area contributed by atoms with Crippen molar-refractivity contribution in [2.45, 2.75) is 43.9 Å². The van der Waals surface area contributed by atoms with Crippen molar-refractivity contribution in [2.24, 2.45) is 0 Å². The normalized spacial score (nSPS) is 26.6. The van der Waals surface area contributed by atoms with E-state index in [1.165, 1.54) is 12.8 Å². The monoisotopic (exact) mass is 265 g/mol. The summed E-state index contributed by atoms with van der Waals surface area (Å²) < 4.78 is 5.27. The number of likely N-dealkylation sites (N-methyl/N-ethyl adjacent to an activating group) is 1. The van der Waals surface area contributed by atoms with Crippen molar-refractivity contribution in [1.82, 2.24) is 15.4 Å². The fourth-order valence-corrected chi connectivity index (χ4v) is 2.46. The fraction of sp³-hybridized carbons (Fsp3) is 0.692. The molecule has 1 amide bonds. The Bertz CT molecular complexity index is 469. The Kier molecular flexibility index (Phi) is 3.28. The van der Waals surface area contributed by atoms with E-state index in [1.54, 1.807) is 11.9 Å². The molecule has 2 N–H and O–H groups in total. The number of aromatic nitrogens is 1. The Morgan fingerprint density at radius 1 is 1.63 bits per heavy atom. The second-order valence-electron chi connectivity index (χ2n) is 5.54. The van der Waals surface area contributed by atoms with Gasteiger partial charge in [-0.25, -0.2) is 0 Å². The van der Waals surface area contributed by atoms with E-state index in [2.05, 4.69) is 10.5 Å². The summed E-state index contributed by atoms with van der Waals surface area (Å²) in [4.78, 5) is 13.8. The first-order valence-electron chi connectivity index (χ1n) is 6.75. The Morgan fingerprint density at radius 2 is 2.42 bits per heavy atom. The molecular weight excluding hydrogens is 246 g/mol. The van der Waals surface area contributed by atoms with Gasteiger partial charge >= 0.3 is 0 Å². The number of carbonyl (C=O) groups excluding carboxylic acids is 1. The van der Waals surface area contributed by atoms with Crippen molar-refractivity contribution < 1.29 is 14.4 Å². The Hall–Kier alpha value is -1.40. The third kappa shape index (κ3) is 2.79. The lowest BCUT2D eigenvalue weighted by atomic mass is 10.2. The molecule has 104 valence electrons. The van der Waals surface area contributed by atoms with Crippen molar-refractivity contribution in [3.8, 4) is 0 Å². The summed E-state index contributed by atoms with van der Waals surface area (Å²) in [5, 5.41) is 16.5. The van der Waals surface area contributed by atoms with Gasteiger partial charge in [-0.05, 0) is 19.3 Å². The van der Waals surface area contributed by atoms with Crippen LogP contribution in [0, 0.1) is 0 Å². The van der Waals surface area contributed by atoms with E-state index in [-0.39, 0.29) is 11.9 Å².